The Kier molecular flexibility index (Phi) is 1.29. The molecule has 3 nitrogen and oxygen atoms in total. The van der Waals surface area contributed by atoms with Gasteiger partial charge in [0.05, 0.1) is 11.1 Å². The van der Waals surface area contributed by atoms with Gasteiger partial charge in [-0.25, -0.2) is 8.42 Å². The number of rotatable bonds is 0. The summed E-state index contributed by atoms with van der Waals surface area (Å²) in [6, 6.07) is 5.21. The fourth-order valence-electron chi connectivity index (χ4n) is 1.14. The van der Waals surface area contributed by atoms with Gasteiger partial charge in [-0.3, -0.25) is 4.72 Å². The Morgan fingerprint density at radius 2 is 2.08 bits per heavy atom. The van der Waals surface area contributed by atoms with Crippen LogP contribution >= 0.6 is 0 Å². The van der Waals surface area contributed by atoms with E-state index < -0.39 is 10.0 Å². The van der Waals surface area contributed by atoms with Crippen LogP contribution in [0.2, 0.25) is 0 Å². The fraction of sp³-hybridized carbons (Fsp3) is 0. The molecule has 1 aromatic carbocycles. The van der Waals surface area contributed by atoms with Crippen LogP contribution in [0.15, 0.2) is 18.2 Å². The van der Waals surface area contributed by atoms with E-state index in [4.69, 9.17) is 0 Å². The standard InChI is InChI=1S/C8H7NO2S/c1-6-2-3-7-5-12(10,11)9-8(7)4-6/h2-5,9H,1H2. The maximum absolute atomic E-state index is 11.0. The summed E-state index contributed by atoms with van der Waals surface area (Å²) >= 11 is 0. The molecule has 62 valence electrons. The van der Waals surface area contributed by atoms with E-state index in [1.807, 2.05) is 0 Å². The third-order valence-corrected chi connectivity index (χ3v) is 2.72. The van der Waals surface area contributed by atoms with Gasteiger partial charge in [0.1, 0.15) is 0 Å². The van der Waals surface area contributed by atoms with E-state index in [-0.39, 0.29) is 0 Å². The van der Waals surface area contributed by atoms with E-state index in [0.29, 0.717) is 10.9 Å². The van der Waals surface area contributed by atoms with Crippen LogP contribution in [-0.4, -0.2) is 8.42 Å². The number of anilines is 1. The van der Waals surface area contributed by atoms with Crippen molar-refractivity contribution in [2.75, 3.05) is 4.72 Å². The highest BCUT2D eigenvalue weighted by Gasteiger charge is 2.13. The molecule has 0 bridgehead atoms. The number of hydrogen-bond acceptors (Lipinski definition) is 2. The van der Waals surface area contributed by atoms with E-state index in [9.17, 15) is 8.42 Å². The molecule has 0 amide bonds. The fourth-order valence-corrected chi connectivity index (χ4v) is 2.23. The van der Waals surface area contributed by atoms with Gasteiger partial charge in [-0.15, -0.1) is 0 Å². The number of nitrogens with one attached hydrogen (secondary N) is 1. The average Bonchev–Trinajstić information content (AvgIpc) is 2.21. The molecule has 0 radical (unpaired) electrons. The van der Waals surface area contributed by atoms with Gasteiger partial charge in [0.2, 0.25) is 0 Å². The third kappa shape index (κ3) is 1.10. The highest BCUT2D eigenvalue weighted by atomic mass is 32.2. The second kappa shape index (κ2) is 2.10. The molecular formula is C8H7NO2S. The van der Waals surface area contributed by atoms with Crippen molar-refractivity contribution in [1.82, 2.24) is 0 Å². The lowest BCUT2D eigenvalue weighted by Crippen LogP contribution is -2.08. The van der Waals surface area contributed by atoms with Crippen molar-refractivity contribution < 1.29 is 8.42 Å². The first-order valence-electron chi connectivity index (χ1n) is 3.40. The topological polar surface area (TPSA) is 46.2 Å². The van der Waals surface area contributed by atoms with Gasteiger partial charge in [-0.05, 0) is 11.3 Å². The Labute approximate surface area is 70.1 Å². The van der Waals surface area contributed by atoms with Crippen molar-refractivity contribution in [2.45, 2.75) is 0 Å². The molecule has 1 aliphatic rings. The first-order chi connectivity index (χ1) is 5.57. The normalized spacial score (nSPS) is 17.7. The molecule has 0 aliphatic carbocycles. The average molecular weight is 181 g/mol. The Morgan fingerprint density at radius 3 is 2.83 bits per heavy atom. The number of benzene rings is 1. The Bertz CT molecular complexity index is 531. The Balaban J connectivity index is 2.82. The molecule has 0 saturated carbocycles. The van der Waals surface area contributed by atoms with Crippen LogP contribution in [-0.2, 0) is 10.0 Å². The quantitative estimate of drug-likeness (QED) is 0.591. The first-order valence-corrected chi connectivity index (χ1v) is 4.95. The summed E-state index contributed by atoms with van der Waals surface area (Å²) in [6.45, 7) is 3.70. The third-order valence-electron chi connectivity index (χ3n) is 1.65. The van der Waals surface area contributed by atoms with Crippen molar-refractivity contribution in [2.24, 2.45) is 0 Å². The zero-order valence-electron chi connectivity index (χ0n) is 6.24. The molecule has 0 atom stereocenters. The number of hydrogen-bond donors (Lipinski definition) is 1. The van der Waals surface area contributed by atoms with Gasteiger partial charge < -0.3 is 0 Å². The molecule has 0 fully saturated rings. The highest BCUT2D eigenvalue weighted by molar-refractivity contribution is 8.00. The van der Waals surface area contributed by atoms with Gasteiger partial charge in [-0.2, -0.15) is 0 Å². The summed E-state index contributed by atoms with van der Waals surface area (Å²) in [7, 11) is -3.22. The number of fused-ring (bicyclic) bond motifs is 1. The Morgan fingerprint density at radius 1 is 1.33 bits per heavy atom. The van der Waals surface area contributed by atoms with Crippen LogP contribution in [0.4, 0.5) is 5.69 Å². The van der Waals surface area contributed by atoms with Crippen LogP contribution in [0, 0.1) is 0 Å². The van der Waals surface area contributed by atoms with Crippen molar-refractivity contribution >= 4 is 27.7 Å². The molecule has 2 rings (SSSR count). The minimum absolute atomic E-state index is 0.613. The highest BCUT2D eigenvalue weighted by Crippen LogP contribution is 2.07. The van der Waals surface area contributed by atoms with Gasteiger partial charge in [0.25, 0.3) is 10.0 Å². The van der Waals surface area contributed by atoms with Crippen LogP contribution in [0.5, 0.6) is 0 Å². The second-order valence-corrected chi connectivity index (χ2v) is 4.22. The smallest absolute Gasteiger partial charge is 0.255 e. The molecule has 1 N–H and O–H groups in total. The first kappa shape index (κ1) is 7.36. The molecule has 0 unspecified atom stereocenters. The minimum Gasteiger partial charge on any atom is -0.279 e. The van der Waals surface area contributed by atoms with Gasteiger partial charge >= 0.3 is 0 Å². The van der Waals surface area contributed by atoms with E-state index in [0.717, 1.165) is 5.22 Å². The van der Waals surface area contributed by atoms with Crippen molar-refractivity contribution in [1.29, 1.82) is 0 Å². The van der Waals surface area contributed by atoms with Crippen LogP contribution in [0.3, 0.4) is 0 Å². The van der Waals surface area contributed by atoms with Gasteiger partial charge in [0, 0.05) is 5.22 Å². The summed E-state index contributed by atoms with van der Waals surface area (Å²) in [5.41, 5.74) is 0.613. The Hall–Kier alpha value is -1.29. The predicted molar refractivity (Wildman–Crippen MR) is 48.2 cm³/mol. The molecule has 0 aromatic heterocycles. The summed E-state index contributed by atoms with van der Waals surface area (Å²) in [4.78, 5) is 0. The molecule has 0 saturated heterocycles. The maximum Gasteiger partial charge on any atom is 0.255 e. The molecule has 4 heteroatoms. The van der Waals surface area contributed by atoms with E-state index in [1.54, 1.807) is 18.2 Å². The lowest BCUT2D eigenvalue weighted by Gasteiger charge is -1.95. The van der Waals surface area contributed by atoms with Crippen molar-refractivity contribution in [3.8, 4) is 0 Å². The van der Waals surface area contributed by atoms with Crippen LogP contribution in [0.25, 0.3) is 12.0 Å². The molecule has 1 aromatic rings. The van der Waals surface area contributed by atoms with E-state index in [2.05, 4.69) is 11.3 Å². The van der Waals surface area contributed by atoms with Crippen molar-refractivity contribution in [3.05, 3.63) is 28.6 Å². The van der Waals surface area contributed by atoms with Gasteiger partial charge in [-0.1, -0.05) is 18.7 Å². The summed E-state index contributed by atoms with van der Waals surface area (Å²) in [5.74, 6) is 0. The van der Waals surface area contributed by atoms with Crippen molar-refractivity contribution in [3.63, 3.8) is 0 Å². The number of sulfonamides is 1. The second-order valence-electron chi connectivity index (χ2n) is 2.69. The monoisotopic (exact) mass is 181 g/mol. The maximum atomic E-state index is 11.0. The van der Waals surface area contributed by atoms with Crippen LogP contribution < -0.4 is 15.2 Å². The van der Waals surface area contributed by atoms with Crippen LogP contribution in [0.1, 0.15) is 0 Å². The summed E-state index contributed by atoms with van der Waals surface area (Å²) < 4.78 is 24.4. The molecule has 1 aliphatic heterocycles. The summed E-state index contributed by atoms with van der Waals surface area (Å²) in [6.07, 6.45) is 0. The molecule has 1 heterocycles. The van der Waals surface area contributed by atoms with E-state index in [1.165, 1.54) is 5.41 Å². The largest absolute Gasteiger partial charge is 0.279 e. The lowest BCUT2D eigenvalue weighted by atomic mass is 10.2. The summed E-state index contributed by atoms with van der Waals surface area (Å²) in [5, 5.41) is 2.70. The zero-order valence-corrected chi connectivity index (χ0v) is 7.06. The zero-order chi connectivity index (χ0) is 8.77. The SMILES string of the molecule is C=c1ccc2c(c1)NS(=O)(=O)C=2. The lowest BCUT2D eigenvalue weighted by molar-refractivity contribution is 0.612. The minimum atomic E-state index is -3.22. The molecule has 12 heavy (non-hydrogen) atoms. The molecular weight excluding hydrogens is 174 g/mol. The predicted octanol–water partition coefficient (Wildman–Crippen LogP) is -0.410. The molecule has 0 spiro atoms. The van der Waals surface area contributed by atoms with Gasteiger partial charge in [0.15, 0.2) is 0 Å². The van der Waals surface area contributed by atoms with E-state index >= 15 is 0 Å².